The van der Waals surface area contributed by atoms with Crippen LogP contribution in [-0.2, 0) is 0 Å². The lowest BCUT2D eigenvalue weighted by Gasteiger charge is -2.36. The Bertz CT molecular complexity index is 210. The largest absolute Gasteiger partial charge is 0.333 e. The van der Waals surface area contributed by atoms with Gasteiger partial charge in [0.05, 0.1) is 0 Å². The molecular formula is C10H21N3O. The lowest BCUT2D eigenvalue weighted by molar-refractivity contribution is 0.157. The molecule has 2 N–H and O–H groups in total. The normalized spacial score (nSPS) is 23.4. The number of piperazine rings is 1. The summed E-state index contributed by atoms with van der Waals surface area (Å²) >= 11 is 0. The quantitative estimate of drug-likeness (QED) is 0.606. The summed E-state index contributed by atoms with van der Waals surface area (Å²) in [6.45, 7) is 10.6. The Balaban J connectivity index is 2.50. The van der Waals surface area contributed by atoms with E-state index in [1.54, 1.807) is 0 Å². The summed E-state index contributed by atoms with van der Waals surface area (Å²) < 4.78 is 0. The minimum atomic E-state index is -0.151. The summed E-state index contributed by atoms with van der Waals surface area (Å²) in [4.78, 5) is 13.7. The van der Waals surface area contributed by atoms with Gasteiger partial charge in [0, 0.05) is 31.2 Å². The van der Waals surface area contributed by atoms with Crippen molar-refractivity contribution in [2.24, 2.45) is 0 Å². The molecule has 14 heavy (non-hydrogen) atoms. The van der Waals surface area contributed by atoms with Crippen LogP contribution in [0.4, 0.5) is 4.79 Å². The molecule has 0 saturated carbocycles. The monoisotopic (exact) mass is 199 g/mol. The molecule has 0 radical (unpaired) electrons. The summed E-state index contributed by atoms with van der Waals surface area (Å²) in [5.41, 5.74) is -0.151. The van der Waals surface area contributed by atoms with Crippen LogP contribution in [0.2, 0.25) is 0 Å². The lowest BCUT2D eigenvalue weighted by Crippen LogP contribution is -2.57. The van der Waals surface area contributed by atoms with Gasteiger partial charge >= 0.3 is 6.03 Å². The number of carbonyl (C=O) groups is 1. The fraction of sp³-hybridized carbons (Fsp3) is 0.900. The third kappa shape index (κ3) is 3.18. The second kappa shape index (κ2) is 4.17. The third-order valence-corrected chi connectivity index (χ3v) is 2.24. The molecule has 1 aliphatic rings. The number of amides is 2. The van der Waals surface area contributed by atoms with Gasteiger partial charge < -0.3 is 15.5 Å². The molecule has 0 aromatic heterocycles. The van der Waals surface area contributed by atoms with Crippen LogP contribution in [0.15, 0.2) is 0 Å². The standard InChI is InChI=1S/C10H21N3O/c1-8-7-11-5-6-13(8)9(14)12-10(2,3)4/h8,11H,5-7H2,1-4H3,(H,12,14). The van der Waals surface area contributed by atoms with Crippen LogP contribution in [-0.4, -0.2) is 42.1 Å². The number of carbonyl (C=O) groups excluding carboxylic acids is 1. The summed E-state index contributed by atoms with van der Waals surface area (Å²) in [6.07, 6.45) is 0. The van der Waals surface area contributed by atoms with E-state index < -0.39 is 0 Å². The molecule has 2 amide bonds. The van der Waals surface area contributed by atoms with Crippen molar-refractivity contribution in [1.82, 2.24) is 15.5 Å². The van der Waals surface area contributed by atoms with Gasteiger partial charge in [-0.25, -0.2) is 4.79 Å². The van der Waals surface area contributed by atoms with E-state index in [2.05, 4.69) is 17.6 Å². The summed E-state index contributed by atoms with van der Waals surface area (Å²) in [6, 6.07) is 0.331. The van der Waals surface area contributed by atoms with E-state index in [4.69, 9.17) is 0 Å². The number of nitrogens with one attached hydrogen (secondary N) is 2. The third-order valence-electron chi connectivity index (χ3n) is 2.24. The Kier molecular flexibility index (Phi) is 3.37. The molecule has 4 nitrogen and oxygen atoms in total. The molecule has 0 aromatic rings. The Morgan fingerprint density at radius 1 is 1.50 bits per heavy atom. The molecule has 0 spiro atoms. The average Bonchev–Trinajstić information content (AvgIpc) is 2.01. The van der Waals surface area contributed by atoms with Crippen molar-refractivity contribution in [2.75, 3.05) is 19.6 Å². The zero-order valence-corrected chi connectivity index (χ0v) is 9.55. The molecule has 4 heteroatoms. The molecule has 1 unspecified atom stereocenters. The Morgan fingerprint density at radius 3 is 2.64 bits per heavy atom. The van der Waals surface area contributed by atoms with Crippen molar-refractivity contribution >= 4 is 6.03 Å². The number of hydrogen-bond donors (Lipinski definition) is 2. The topological polar surface area (TPSA) is 44.4 Å². The Labute approximate surface area is 86.0 Å². The molecule has 82 valence electrons. The van der Waals surface area contributed by atoms with Gasteiger partial charge in [0.15, 0.2) is 0 Å². The van der Waals surface area contributed by atoms with Gasteiger partial charge in [-0.3, -0.25) is 0 Å². The first-order chi connectivity index (χ1) is 6.40. The van der Waals surface area contributed by atoms with Gasteiger partial charge in [0.25, 0.3) is 0 Å². The smallest absolute Gasteiger partial charge is 0.318 e. The van der Waals surface area contributed by atoms with Gasteiger partial charge in [0.2, 0.25) is 0 Å². The van der Waals surface area contributed by atoms with E-state index in [9.17, 15) is 4.79 Å². The zero-order chi connectivity index (χ0) is 10.8. The maximum atomic E-state index is 11.8. The van der Waals surface area contributed by atoms with Crippen molar-refractivity contribution < 1.29 is 4.79 Å². The highest BCUT2D eigenvalue weighted by Gasteiger charge is 2.25. The van der Waals surface area contributed by atoms with Crippen LogP contribution in [0.5, 0.6) is 0 Å². The highest BCUT2D eigenvalue weighted by atomic mass is 16.2. The van der Waals surface area contributed by atoms with Crippen LogP contribution in [0.25, 0.3) is 0 Å². The minimum absolute atomic E-state index is 0.0477. The summed E-state index contributed by atoms with van der Waals surface area (Å²) in [7, 11) is 0. The van der Waals surface area contributed by atoms with Gasteiger partial charge in [0.1, 0.15) is 0 Å². The van der Waals surface area contributed by atoms with Gasteiger partial charge in [-0.15, -0.1) is 0 Å². The van der Waals surface area contributed by atoms with Crippen LogP contribution < -0.4 is 10.6 Å². The van der Waals surface area contributed by atoms with Gasteiger partial charge in [-0.1, -0.05) is 0 Å². The van der Waals surface area contributed by atoms with Crippen LogP contribution in [0.1, 0.15) is 27.7 Å². The Morgan fingerprint density at radius 2 is 2.14 bits per heavy atom. The maximum Gasteiger partial charge on any atom is 0.318 e. The number of rotatable bonds is 0. The first kappa shape index (κ1) is 11.3. The van der Waals surface area contributed by atoms with E-state index >= 15 is 0 Å². The average molecular weight is 199 g/mol. The summed E-state index contributed by atoms with van der Waals surface area (Å²) in [5.74, 6) is 0. The number of hydrogen-bond acceptors (Lipinski definition) is 2. The van der Waals surface area contributed by atoms with Crippen LogP contribution in [0, 0.1) is 0 Å². The lowest BCUT2D eigenvalue weighted by atomic mass is 10.1. The summed E-state index contributed by atoms with van der Waals surface area (Å²) in [5, 5.41) is 6.24. The van der Waals surface area contributed by atoms with Crippen LogP contribution >= 0.6 is 0 Å². The molecule has 0 aromatic carbocycles. The fourth-order valence-electron chi connectivity index (χ4n) is 1.54. The second-order valence-electron chi connectivity index (χ2n) is 4.93. The fourth-order valence-corrected chi connectivity index (χ4v) is 1.54. The SMILES string of the molecule is CC1CNCCN1C(=O)NC(C)(C)C. The maximum absolute atomic E-state index is 11.8. The molecular weight excluding hydrogens is 178 g/mol. The zero-order valence-electron chi connectivity index (χ0n) is 9.55. The Hall–Kier alpha value is -0.770. The molecule has 1 atom stereocenters. The predicted molar refractivity (Wildman–Crippen MR) is 57.3 cm³/mol. The molecule has 1 heterocycles. The highest BCUT2D eigenvalue weighted by Crippen LogP contribution is 2.06. The molecule has 1 saturated heterocycles. The molecule has 0 aliphatic carbocycles. The number of urea groups is 1. The highest BCUT2D eigenvalue weighted by molar-refractivity contribution is 5.75. The van der Waals surface area contributed by atoms with E-state index in [1.165, 1.54) is 0 Å². The van der Waals surface area contributed by atoms with Gasteiger partial charge in [-0.05, 0) is 27.7 Å². The van der Waals surface area contributed by atoms with E-state index in [-0.39, 0.29) is 17.6 Å². The number of nitrogens with zero attached hydrogens (tertiary/aromatic N) is 1. The first-order valence-corrected chi connectivity index (χ1v) is 5.19. The molecule has 1 aliphatic heterocycles. The second-order valence-corrected chi connectivity index (χ2v) is 4.93. The van der Waals surface area contributed by atoms with E-state index in [1.807, 2.05) is 25.7 Å². The minimum Gasteiger partial charge on any atom is -0.333 e. The van der Waals surface area contributed by atoms with E-state index in [0.717, 1.165) is 19.6 Å². The first-order valence-electron chi connectivity index (χ1n) is 5.19. The molecule has 1 fully saturated rings. The van der Waals surface area contributed by atoms with Gasteiger partial charge in [-0.2, -0.15) is 0 Å². The van der Waals surface area contributed by atoms with Crippen molar-refractivity contribution in [2.45, 2.75) is 39.3 Å². The van der Waals surface area contributed by atoms with E-state index in [0.29, 0.717) is 0 Å². The molecule has 1 rings (SSSR count). The van der Waals surface area contributed by atoms with Crippen molar-refractivity contribution in [3.63, 3.8) is 0 Å². The van der Waals surface area contributed by atoms with Crippen molar-refractivity contribution in [3.8, 4) is 0 Å². The predicted octanol–water partition coefficient (Wildman–Crippen LogP) is 0.788. The van der Waals surface area contributed by atoms with Crippen LogP contribution in [0.3, 0.4) is 0 Å². The van der Waals surface area contributed by atoms with Crippen molar-refractivity contribution in [3.05, 3.63) is 0 Å². The van der Waals surface area contributed by atoms with Crippen molar-refractivity contribution in [1.29, 1.82) is 0 Å². The molecule has 0 bridgehead atoms.